The molecule has 0 aliphatic rings. The van der Waals surface area contributed by atoms with Crippen LogP contribution in [-0.2, 0) is 0 Å². The maximum atomic E-state index is 3.46. The largest absolute Gasteiger partial charge is 0.322 e. The predicted molar refractivity (Wildman–Crippen MR) is 56.5 cm³/mol. The average molecular weight is 190 g/mol. The van der Waals surface area contributed by atoms with Gasteiger partial charge in [-0.25, -0.2) is 0 Å². The zero-order valence-electron chi connectivity index (χ0n) is 8.65. The zero-order chi connectivity index (χ0) is 9.40. The molecule has 3 N–H and O–H groups in total. The van der Waals surface area contributed by atoms with Gasteiger partial charge < -0.3 is 9.55 Å². The summed E-state index contributed by atoms with van der Waals surface area (Å²) in [4.78, 5) is 3.46. The Morgan fingerprint density at radius 1 is 1.17 bits per heavy atom. The van der Waals surface area contributed by atoms with Gasteiger partial charge in [-0.1, -0.05) is 13.8 Å². The third kappa shape index (κ3) is 6.75. The molecular weight excluding hydrogens is 168 g/mol. The van der Waals surface area contributed by atoms with Crippen LogP contribution in [0.25, 0.3) is 0 Å². The molecule has 0 spiro atoms. The van der Waals surface area contributed by atoms with Gasteiger partial charge in [0, 0.05) is 0 Å². The lowest BCUT2D eigenvalue weighted by atomic mass is 10.6. The fraction of sp³-hybridized carbons (Fsp3) is 1.00. The molecule has 0 fully saturated rings. The van der Waals surface area contributed by atoms with Crippen molar-refractivity contribution in [2.75, 3.05) is 27.2 Å². The van der Waals surface area contributed by atoms with E-state index in [0.29, 0.717) is 0 Å². The van der Waals surface area contributed by atoms with Crippen molar-refractivity contribution in [1.82, 2.24) is 20.2 Å². The van der Waals surface area contributed by atoms with E-state index in [1.807, 2.05) is 0 Å². The molecule has 0 bridgehead atoms. The van der Waals surface area contributed by atoms with Crippen molar-refractivity contribution in [2.24, 2.45) is 0 Å². The molecule has 74 valence electrons. The minimum Gasteiger partial charge on any atom is -0.322 e. The summed E-state index contributed by atoms with van der Waals surface area (Å²) >= 11 is 0. The van der Waals surface area contributed by atoms with Crippen LogP contribution in [-0.4, -0.2) is 47.9 Å². The third-order valence-electron chi connectivity index (χ3n) is 1.43. The molecule has 0 aliphatic heterocycles. The molecule has 12 heavy (non-hydrogen) atoms. The van der Waals surface area contributed by atoms with E-state index >= 15 is 0 Å². The molecule has 0 atom stereocenters. The van der Waals surface area contributed by atoms with E-state index in [1.165, 1.54) is 0 Å². The Hall–Kier alpha value is 0.0569. The van der Waals surface area contributed by atoms with E-state index in [4.69, 9.17) is 0 Å². The Balaban J connectivity index is 3.48. The molecule has 0 saturated carbocycles. The molecule has 0 heterocycles. The van der Waals surface area contributed by atoms with Crippen molar-refractivity contribution < 1.29 is 0 Å². The van der Waals surface area contributed by atoms with Crippen LogP contribution < -0.4 is 15.6 Å². The smallest absolute Gasteiger partial charge is 0.172 e. The zero-order valence-corrected chi connectivity index (χ0v) is 10.1. The molecule has 0 unspecified atom stereocenters. The highest BCUT2D eigenvalue weighted by atomic mass is 28.2. The van der Waals surface area contributed by atoms with Crippen molar-refractivity contribution in [3.63, 3.8) is 0 Å². The maximum Gasteiger partial charge on any atom is 0.172 e. The monoisotopic (exact) mass is 190 g/mol. The molecule has 5 heteroatoms. The summed E-state index contributed by atoms with van der Waals surface area (Å²) in [7, 11) is 3.93. The molecule has 0 aromatic rings. The highest BCUT2D eigenvalue weighted by Gasteiger charge is 2.02. The fourth-order valence-corrected chi connectivity index (χ4v) is 1.74. The van der Waals surface area contributed by atoms with E-state index < -0.39 is 0 Å². The highest BCUT2D eigenvalue weighted by Crippen LogP contribution is 1.71. The number of nitrogens with one attached hydrogen (secondary N) is 3. The summed E-state index contributed by atoms with van der Waals surface area (Å²) in [6, 6.07) is 0. The third-order valence-corrected chi connectivity index (χ3v) is 2.65. The first kappa shape index (κ1) is 12.1. The van der Waals surface area contributed by atoms with Gasteiger partial charge in [0.1, 0.15) is 6.29 Å². The Kier molecular flexibility index (Phi) is 7.73. The van der Waals surface area contributed by atoms with Gasteiger partial charge in [-0.05, 0) is 27.2 Å². The molecule has 0 saturated heterocycles. The Bertz CT molecular complexity index is 93.4. The molecular formula is C7H22N4Si. The first-order valence-electron chi connectivity index (χ1n) is 4.55. The van der Waals surface area contributed by atoms with Crippen molar-refractivity contribution in [2.45, 2.75) is 20.1 Å². The quantitative estimate of drug-likeness (QED) is 0.342. The molecule has 4 nitrogen and oxygen atoms in total. The average Bonchev–Trinajstić information content (AvgIpc) is 2.01. The van der Waals surface area contributed by atoms with E-state index in [-0.39, 0.29) is 16.1 Å². The second kappa shape index (κ2) is 7.69. The van der Waals surface area contributed by atoms with Crippen LogP contribution in [0.3, 0.4) is 0 Å². The number of rotatable bonds is 7. The summed E-state index contributed by atoms with van der Waals surface area (Å²) in [6.07, 6.45) is 0.286. The van der Waals surface area contributed by atoms with Crippen molar-refractivity contribution in [1.29, 1.82) is 0 Å². The molecule has 0 radical (unpaired) electrons. The first-order valence-corrected chi connectivity index (χ1v) is 5.89. The maximum absolute atomic E-state index is 3.46. The molecule has 0 amide bonds. The molecule has 0 aliphatic carbocycles. The van der Waals surface area contributed by atoms with Crippen LogP contribution in [0.1, 0.15) is 13.8 Å². The van der Waals surface area contributed by atoms with Crippen molar-refractivity contribution in [3.05, 3.63) is 0 Å². The normalized spacial score (nSPS) is 12.5. The van der Waals surface area contributed by atoms with Gasteiger partial charge >= 0.3 is 0 Å². The van der Waals surface area contributed by atoms with E-state index in [2.05, 4.69) is 48.1 Å². The van der Waals surface area contributed by atoms with Gasteiger partial charge in [-0.3, -0.25) is 10.6 Å². The van der Waals surface area contributed by atoms with Crippen LogP contribution >= 0.6 is 0 Å². The molecule has 0 aromatic carbocycles. The second-order valence-electron chi connectivity index (χ2n) is 2.99. The predicted octanol–water partition coefficient (Wildman–Crippen LogP) is -1.36. The first-order chi connectivity index (χ1) is 5.70. The summed E-state index contributed by atoms with van der Waals surface area (Å²) in [5.74, 6) is 0. The standard InChI is InChI=1S/C7H22N4Si/c1-5-8-7(9-6-2)10-12-11(3)4/h7-10H,5-6,12H2,1-4H3. The van der Waals surface area contributed by atoms with Gasteiger partial charge in [0.2, 0.25) is 0 Å². The summed E-state index contributed by atoms with van der Waals surface area (Å²) in [5.41, 5.74) is 0. The Morgan fingerprint density at radius 3 is 2.00 bits per heavy atom. The van der Waals surface area contributed by atoms with Gasteiger partial charge in [0.05, 0.1) is 0 Å². The SMILES string of the molecule is CCNC(NCC)N[SiH2]N(C)C. The van der Waals surface area contributed by atoms with Crippen LogP contribution in [0, 0.1) is 0 Å². The van der Waals surface area contributed by atoms with Gasteiger partial charge in [0.15, 0.2) is 9.84 Å². The van der Waals surface area contributed by atoms with Crippen LogP contribution in [0.5, 0.6) is 0 Å². The minimum absolute atomic E-state index is 0.284. The van der Waals surface area contributed by atoms with Gasteiger partial charge in [-0.2, -0.15) is 0 Å². The van der Waals surface area contributed by atoms with Crippen LogP contribution in [0.15, 0.2) is 0 Å². The molecule has 0 aromatic heterocycles. The van der Waals surface area contributed by atoms with Gasteiger partial charge in [-0.15, -0.1) is 0 Å². The number of hydrogen-bond acceptors (Lipinski definition) is 4. The lowest BCUT2D eigenvalue weighted by molar-refractivity contribution is 0.416. The van der Waals surface area contributed by atoms with Crippen molar-refractivity contribution >= 4 is 9.84 Å². The van der Waals surface area contributed by atoms with Crippen LogP contribution in [0.2, 0.25) is 0 Å². The van der Waals surface area contributed by atoms with Crippen molar-refractivity contribution in [3.8, 4) is 0 Å². The lowest BCUT2D eigenvalue weighted by Gasteiger charge is -2.22. The summed E-state index contributed by atoms with van der Waals surface area (Å²) < 4.78 is 2.24. The number of nitrogens with zero attached hydrogens (tertiary/aromatic N) is 1. The van der Waals surface area contributed by atoms with Gasteiger partial charge in [0.25, 0.3) is 0 Å². The van der Waals surface area contributed by atoms with E-state index in [0.717, 1.165) is 13.1 Å². The topological polar surface area (TPSA) is 39.3 Å². The minimum atomic E-state index is -0.284. The fourth-order valence-electron chi connectivity index (χ4n) is 0.899. The van der Waals surface area contributed by atoms with E-state index in [1.54, 1.807) is 0 Å². The molecule has 0 rings (SSSR count). The Labute approximate surface area is 78.1 Å². The van der Waals surface area contributed by atoms with E-state index in [9.17, 15) is 0 Å². The summed E-state index contributed by atoms with van der Waals surface area (Å²) in [6.45, 7) is 6.21. The Morgan fingerprint density at radius 2 is 1.67 bits per heavy atom. The highest BCUT2D eigenvalue weighted by molar-refractivity contribution is 6.28. The second-order valence-corrected chi connectivity index (χ2v) is 4.98. The lowest BCUT2D eigenvalue weighted by Crippen LogP contribution is -2.56. The van der Waals surface area contributed by atoms with Crippen LogP contribution in [0.4, 0.5) is 0 Å². The number of hydrogen-bond donors (Lipinski definition) is 3. The summed E-state index contributed by atoms with van der Waals surface area (Å²) in [5, 5.41) is 6.65.